The van der Waals surface area contributed by atoms with Crippen LogP contribution in [-0.2, 0) is 9.53 Å². The number of anilines is 1. The Hall–Kier alpha value is -2.97. The molecule has 2 aromatic rings. The van der Waals surface area contributed by atoms with E-state index in [-0.39, 0.29) is 23.5 Å². The molecule has 8 heteroatoms. The molecule has 2 aromatic carbocycles. The first-order valence-corrected chi connectivity index (χ1v) is 10.1. The summed E-state index contributed by atoms with van der Waals surface area (Å²) in [6, 6.07) is 12.7. The van der Waals surface area contributed by atoms with E-state index < -0.39 is 0 Å². The van der Waals surface area contributed by atoms with E-state index in [1.807, 2.05) is 32.0 Å². The zero-order chi connectivity index (χ0) is 21.5. The highest BCUT2D eigenvalue weighted by molar-refractivity contribution is 7.80. The smallest absolute Gasteiger partial charge is 0.264 e. The Kier molecular flexibility index (Phi) is 7.37. The van der Waals surface area contributed by atoms with Crippen LogP contribution in [0.15, 0.2) is 42.5 Å². The van der Waals surface area contributed by atoms with Crippen LogP contribution >= 0.6 is 12.2 Å². The van der Waals surface area contributed by atoms with Crippen molar-refractivity contribution in [3.8, 4) is 5.75 Å². The first-order valence-electron chi connectivity index (χ1n) is 9.71. The summed E-state index contributed by atoms with van der Waals surface area (Å²) < 4.78 is 10.9. The lowest BCUT2D eigenvalue weighted by Crippen LogP contribution is -2.40. The standard InChI is InChI=1S/C22H25N3O4S/c1-15-5-3-8-19(16(15)2)29-14-20(26)24-22(30)23-18-7-4-6-17(13-18)21(27)25-9-11-28-12-10-25/h3-8,13H,9-12,14H2,1-2H3,(H2,23,24,26,30). The van der Waals surface area contributed by atoms with Crippen molar-refractivity contribution in [3.63, 3.8) is 0 Å². The van der Waals surface area contributed by atoms with E-state index >= 15 is 0 Å². The van der Waals surface area contributed by atoms with Crippen LogP contribution in [0.25, 0.3) is 0 Å². The zero-order valence-electron chi connectivity index (χ0n) is 17.1. The Morgan fingerprint density at radius 2 is 1.87 bits per heavy atom. The normalized spacial score (nSPS) is 13.5. The third-order valence-electron chi connectivity index (χ3n) is 4.83. The van der Waals surface area contributed by atoms with Crippen molar-refractivity contribution in [2.75, 3.05) is 38.2 Å². The van der Waals surface area contributed by atoms with E-state index in [1.54, 1.807) is 29.2 Å². The first kappa shape index (κ1) is 21.7. The Morgan fingerprint density at radius 1 is 1.13 bits per heavy atom. The second-order valence-electron chi connectivity index (χ2n) is 6.97. The molecule has 158 valence electrons. The van der Waals surface area contributed by atoms with Crippen LogP contribution in [-0.4, -0.2) is 54.7 Å². The van der Waals surface area contributed by atoms with Crippen LogP contribution in [0.5, 0.6) is 5.75 Å². The average Bonchev–Trinajstić information content (AvgIpc) is 2.75. The molecule has 0 radical (unpaired) electrons. The SMILES string of the molecule is Cc1cccc(OCC(=O)NC(=S)Nc2cccc(C(=O)N3CCOCC3)c2)c1C. The zero-order valence-corrected chi connectivity index (χ0v) is 17.9. The molecule has 0 saturated carbocycles. The number of carbonyl (C=O) groups excluding carboxylic acids is 2. The minimum atomic E-state index is -0.367. The molecule has 0 unspecified atom stereocenters. The van der Waals surface area contributed by atoms with Crippen LogP contribution in [0, 0.1) is 13.8 Å². The van der Waals surface area contributed by atoms with Gasteiger partial charge in [-0.3, -0.25) is 14.9 Å². The molecular weight excluding hydrogens is 402 g/mol. The van der Waals surface area contributed by atoms with Gasteiger partial charge in [0, 0.05) is 24.3 Å². The summed E-state index contributed by atoms with van der Waals surface area (Å²) in [6.07, 6.45) is 0. The summed E-state index contributed by atoms with van der Waals surface area (Å²) >= 11 is 5.21. The van der Waals surface area contributed by atoms with Crippen molar-refractivity contribution in [3.05, 3.63) is 59.2 Å². The number of carbonyl (C=O) groups is 2. The molecule has 30 heavy (non-hydrogen) atoms. The number of benzene rings is 2. The molecule has 0 atom stereocenters. The monoisotopic (exact) mass is 427 g/mol. The van der Waals surface area contributed by atoms with Gasteiger partial charge in [-0.05, 0) is 61.5 Å². The highest BCUT2D eigenvalue weighted by Crippen LogP contribution is 2.20. The van der Waals surface area contributed by atoms with E-state index in [4.69, 9.17) is 21.7 Å². The van der Waals surface area contributed by atoms with Crippen molar-refractivity contribution in [1.29, 1.82) is 0 Å². The largest absolute Gasteiger partial charge is 0.483 e. The maximum atomic E-state index is 12.6. The molecular formula is C22H25N3O4S. The van der Waals surface area contributed by atoms with Gasteiger partial charge in [0.25, 0.3) is 11.8 Å². The Bertz CT molecular complexity index is 942. The number of nitrogens with zero attached hydrogens (tertiary/aromatic N) is 1. The summed E-state index contributed by atoms with van der Waals surface area (Å²) in [4.78, 5) is 26.5. The lowest BCUT2D eigenvalue weighted by atomic mass is 10.1. The number of amides is 2. The van der Waals surface area contributed by atoms with Gasteiger partial charge in [0.1, 0.15) is 5.75 Å². The molecule has 1 aliphatic heterocycles. The summed E-state index contributed by atoms with van der Waals surface area (Å²) in [5.74, 6) is 0.242. The van der Waals surface area contributed by atoms with E-state index in [0.29, 0.717) is 43.3 Å². The minimum Gasteiger partial charge on any atom is -0.483 e. The number of morpholine rings is 1. The number of aryl methyl sites for hydroxylation is 1. The molecule has 3 rings (SSSR count). The van der Waals surface area contributed by atoms with Gasteiger partial charge in [-0.15, -0.1) is 0 Å². The highest BCUT2D eigenvalue weighted by atomic mass is 32.1. The second kappa shape index (κ2) is 10.2. The van der Waals surface area contributed by atoms with Crippen LogP contribution in [0.4, 0.5) is 5.69 Å². The molecule has 1 heterocycles. The highest BCUT2D eigenvalue weighted by Gasteiger charge is 2.18. The van der Waals surface area contributed by atoms with Crippen molar-refractivity contribution < 1.29 is 19.1 Å². The van der Waals surface area contributed by atoms with E-state index in [2.05, 4.69) is 10.6 Å². The Labute approximate surface area is 181 Å². The molecule has 0 aromatic heterocycles. The van der Waals surface area contributed by atoms with Gasteiger partial charge in [0.05, 0.1) is 13.2 Å². The van der Waals surface area contributed by atoms with E-state index in [0.717, 1.165) is 11.1 Å². The predicted octanol–water partition coefficient (Wildman–Crippen LogP) is 2.67. The number of rotatable bonds is 5. The van der Waals surface area contributed by atoms with Crippen molar-refractivity contribution >= 4 is 34.8 Å². The third-order valence-corrected chi connectivity index (χ3v) is 5.04. The maximum Gasteiger partial charge on any atom is 0.264 e. The summed E-state index contributed by atoms with van der Waals surface area (Å²) in [6.45, 7) is 6.02. The fourth-order valence-electron chi connectivity index (χ4n) is 3.03. The number of hydrogen-bond donors (Lipinski definition) is 2. The Balaban J connectivity index is 1.52. The second-order valence-corrected chi connectivity index (χ2v) is 7.38. The van der Waals surface area contributed by atoms with Crippen molar-refractivity contribution in [2.24, 2.45) is 0 Å². The van der Waals surface area contributed by atoms with Crippen LogP contribution in [0.3, 0.4) is 0 Å². The van der Waals surface area contributed by atoms with Crippen LogP contribution in [0.1, 0.15) is 21.5 Å². The molecule has 1 saturated heterocycles. The van der Waals surface area contributed by atoms with Crippen molar-refractivity contribution in [2.45, 2.75) is 13.8 Å². The van der Waals surface area contributed by atoms with Crippen LogP contribution < -0.4 is 15.4 Å². The topological polar surface area (TPSA) is 79.9 Å². The van der Waals surface area contributed by atoms with E-state index in [9.17, 15) is 9.59 Å². The van der Waals surface area contributed by atoms with Crippen LogP contribution in [0.2, 0.25) is 0 Å². The molecule has 1 aliphatic rings. The maximum absolute atomic E-state index is 12.6. The van der Waals surface area contributed by atoms with Gasteiger partial charge in [0.15, 0.2) is 11.7 Å². The predicted molar refractivity (Wildman–Crippen MR) is 119 cm³/mol. The molecule has 0 aliphatic carbocycles. The number of thiocarbonyl (C=S) groups is 1. The van der Waals surface area contributed by atoms with Gasteiger partial charge in [-0.2, -0.15) is 0 Å². The quantitative estimate of drug-likeness (QED) is 0.715. The van der Waals surface area contributed by atoms with Gasteiger partial charge in [-0.1, -0.05) is 18.2 Å². The fraction of sp³-hybridized carbons (Fsp3) is 0.318. The van der Waals surface area contributed by atoms with E-state index in [1.165, 1.54) is 0 Å². The summed E-state index contributed by atoms with van der Waals surface area (Å²) in [7, 11) is 0. The molecule has 0 bridgehead atoms. The lowest BCUT2D eigenvalue weighted by Gasteiger charge is -2.27. The molecule has 0 spiro atoms. The average molecular weight is 428 g/mol. The number of nitrogens with one attached hydrogen (secondary N) is 2. The van der Waals surface area contributed by atoms with Gasteiger partial charge in [-0.25, -0.2) is 0 Å². The lowest BCUT2D eigenvalue weighted by molar-refractivity contribution is -0.121. The molecule has 2 N–H and O–H groups in total. The fourth-order valence-corrected chi connectivity index (χ4v) is 3.26. The first-order chi connectivity index (χ1) is 14.4. The minimum absolute atomic E-state index is 0.0566. The third kappa shape index (κ3) is 5.77. The number of ether oxygens (including phenoxy) is 2. The van der Waals surface area contributed by atoms with Crippen molar-refractivity contribution in [1.82, 2.24) is 10.2 Å². The molecule has 2 amide bonds. The molecule has 7 nitrogen and oxygen atoms in total. The molecule has 1 fully saturated rings. The van der Waals surface area contributed by atoms with Gasteiger partial charge in [0.2, 0.25) is 0 Å². The Morgan fingerprint density at radius 3 is 2.63 bits per heavy atom. The number of hydrogen-bond acceptors (Lipinski definition) is 5. The van der Waals surface area contributed by atoms with Gasteiger partial charge < -0.3 is 19.7 Å². The summed E-state index contributed by atoms with van der Waals surface area (Å²) in [5, 5.41) is 5.67. The van der Waals surface area contributed by atoms with Gasteiger partial charge >= 0.3 is 0 Å². The summed E-state index contributed by atoms with van der Waals surface area (Å²) in [5.41, 5.74) is 3.26.